The first-order chi connectivity index (χ1) is 11.6. The van der Waals surface area contributed by atoms with E-state index in [1.807, 2.05) is 0 Å². The standard InChI is InChI=1S/C22H47ClN.ClH/c1-4-5-6-7-8-9-10-11-12-13-14-15-16-18-21-24(2,3)22-19-17-20-23;/h4-22H2,1-3H3;1H/q+1;/p-1. The highest BCUT2D eigenvalue weighted by molar-refractivity contribution is 6.17. The molecule has 0 N–H and O–H groups in total. The molecule has 0 unspecified atom stereocenters. The van der Waals surface area contributed by atoms with Gasteiger partial charge in [0.1, 0.15) is 0 Å². The number of nitrogens with zero attached hydrogens (tertiary/aromatic N) is 1. The molecule has 0 aliphatic carbocycles. The predicted molar refractivity (Wildman–Crippen MR) is 112 cm³/mol. The van der Waals surface area contributed by atoms with Crippen molar-refractivity contribution in [3.8, 4) is 0 Å². The summed E-state index contributed by atoms with van der Waals surface area (Å²) in [5, 5.41) is 0. The Labute approximate surface area is 171 Å². The van der Waals surface area contributed by atoms with E-state index in [4.69, 9.17) is 11.6 Å². The van der Waals surface area contributed by atoms with Crippen LogP contribution in [0.1, 0.15) is 110 Å². The van der Waals surface area contributed by atoms with E-state index < -0.39 is 0 Å². The van der Waals surface area contributed by atoms with Gasteiger partial charge in [-0.15, -0.1) is 11.6 Å². The van der Waals surface area contributed by atoms with E-state index >= 15 is 0 Å². The van der Waals surface area contributed by atoms with Crippen LogP contribution in [0.5, 0.6) is 0 Å². The Hall–Kier alpha value is 0.540. The van der Waals surface area contributed by atoms with Gasteiger partial charge in [0.2, 0.25) is 0 Å². The molecule has 0 heterocycles. The lowest BCUT2D eigenvalue weighted by Gasteiger charge is -2.29. The van der Waals surface area contributed by atoms with Crippen molar-refractivity contribution in [2.24, 2.45) is 0 Å². The van der Waals surface area contributed by atoms with Gasteiger partial charge in [0.05, 0.1) is 27.2 Å². The predicted octanol–water partition coefficient (Wildman–Crippen LogP) is 4.57. The lowest BCUT2D eigenvalue weighted by molar-refractivity contribution is -0.890. The summed E-state index contributed by atoms with van der Waals surface area (Å²) >= 11 is 5.76. The summed E-state index contributed by atoms with van der Waals surface area (Å²) in [6.07, 6.45) is 22.7. The first-order valence-corrected chi connectivity index (χ1v) is 11.5. The topological polar surface area (TPSA) is 0 Å². The Kier molecular flexibility index (Phi) is 23.1. The number of halogens is 2. The van der Waals surface area contributed by atoms with Crippen LogP contribution >= 0.6 is 11.6 Å². The minimum Gasteiger partial charge on any atom is -1.00 e. The second-order valence-electron chi connectivity index (χ2n) is 8.38. The van der Waals surface area contributed by atoms with Gasteiger partial charge in [0.25, 0.3) is 0 Å². The Morgan fingerprint density at radius 2 is 0.840 bits per heavy atom. The van der Waals surface area contributed by atoms with Gasteiger partial charge < -0.3 is 16.9 Å². The van der Waals surface area contributed by atoms with Crippen molar-refractivity contribution in [2.75, 3.05) is 33.1 Å². The smallest absolute Gasteiger partial charge is 0.0782 e. The maximum atomic E-state index is 5.76. The molecule has 0 aromatic carbocycles. The van der Waals surface area contributed by atoms with Crippen LogP contribution in [0.4, 0.5) is 0 Å². The third kappa shape index (κ3) is 22.5. The maximum absolute atomic E-state index is 5.76. The maximum Gasteiger partial charge on any atom is 0.0782 e. The first-order valence-electron chi connectivity index (χ1n) is 11.0. The minimum absolute atomic E-state index is 0. The molecule has 0 aliphatic heterocycles. The number of hydrogen-bond acceptors (Lipinski definition) is 0. The van der Waals surface area contributed by atoms with Crippen molar-refractivity contribution >= 4 is 11.6 Å². The molecule has 0 radical (unpaired) electrons. The van der Waals surface area contributed by atoms with Crippen LogP contribution in [0, 0.1) is 0 Å². The molecule has 0 saturated carbocycles. The summed E-state index contributed by atoms with van der Waals surface area (Å²) in [7, 11) is 4.74. The van der Waals surface area contributed by atoms with Crippen LogP contribution in [-0.4, -0.2) is 37.5 Å². The Morgan fingerprint density at radius 3 is 1.20 bits per heavy atom. The highest BCUT2D eigenvalue weighted by Gasteiger charge is 2.13. The molecule has 1 nitrogen and oxygen atoms in total. The van der Waals surface area contributed by atoms with Crippen LogP contribution < -0.4 is 12.4 Å². The third-order valence-corrected chi connectivity index (χ3v) is 5.53. The number of rotatable bonds is 19. The summed E-state index contributed by atoms with van der Waals surface area (Å²) in [6, 6.07) is 0. The molecule has 0 aliphatic rings. The van der Waals surface area contributed by atoms with Gasteiger partial charge >= 0.3 is 0 Å². The van der Waals surface area contributed by atoms with Gasteiger partial charge in [-0.25, -0.2) is 0 Å². The normalized spacial score (nSPS) is 11.5. The lowest BCUT2D eigenvalue weighted by atomic mass is 10.0. The molecule has 0 aromatic heterocycles. The largest absolute Gasteiger partial charge is 1.00 e. The summed E-state index contributed by atoms with van der Waals surface area (Å²) < 4.78 is 1.18. The fraction of sp³-hybridized carbons (Fsp3) is 1.00. The molecule has 0 saturated heterocycles. The zero-order valence-electron chi connectivity index (χ0n) is 17.6. The van der Waals surface area contributed by atoms with Gasteiger partial charge in [0, 0.05) is 5.88 Å². The van der Waals surface area contributed by atoms with Crippen molar-refractivity contribution in [2.45, 2.75) is 110 Å². The van der Waals surface area contributed by atoms with Crippen molar-refractivity contribution in [3.05, 3.63) is 0 Å². The first kappa shape index (κ1) is 27.8. The van der Waals surface area contributed by atoms with E-state index in [-0.39, 0.29) is 12.4 Å². The quantitative estimate of drug-likeness (QED) is 0.170. The SMILES string of the molecule is CCCCCCCCCCCCCCCC[N+](C)(C)CCCCCl.[Cl-]. The van der Waals surface area contributed by atoms with E-state index in [1.54, 1.807) is 0 Å². The molecule has 0 bridgehead atoms. The molecule has 3 heteroatoms. The third-order valence-electron chi connectivity index (χ3n) is 5.26. The molecule has 0 aromatic rings. The van der Waals surface area contributed by atoms with E-state index in [9.17, 15) is 0 Å². The Morgan fingerprint density at radius 1 is 0.520 bits per heavy atom. The average Bonchev–Trinajstić information content (AvgIpc) is 2.55. The fourth-order valence-electron chi connectivity index (χ4n) is 3.48. The Balaban J connectivity index is 0. The van der Waals surface area contributed by atoms with Crippen LogP contribution in [0.3, 0.4) is 0 Å². The fourth-order valence-corrected chi connectivity index (χ4v) is 3.67. The van der Waals surface area contributed by atoms with Crippen LogP contribution in [-0.2, 0) is 0 Å². The van der Waals surface area contributed by atoms with Crippen molar-refractivity contribution < 1.29 is 16.9 Å². The molecular formula is C22H47Cl2N. The van der Waals surface area contributed by atoms with Gasteiger partial charge in [0.15, 0.2) is 0 Å². The van der Waals surface area contributed by atoms with E-state index in [2.05, 4.69) is 21.0 Å². The summed E-state index contributed by atoms with van der Waals surface area (Å²) in [5.41, 5.74) is 0. The number of unbranched alkanes of at least 4 members (excludes halogenated alkanes) is 14. The molecule has 154 valence electrons. The number of hydrogen-bond donors (Lipinski definition) is 0. The molecule has 0 atom stereocenters. The summed E-state index contributed by atoms with van der Waals surface area (Å²) in [4.78, 5) is 0. The molecule has 0 spiro atoms. The molecule has 25 heavy (non-hydrogen) atoms. The van der Waals surface area contributed by atoms with Crippen LogP contribution in [0.25, 0.3) is 0 Å². The van der Waals surface area contributed by atoms with Crippen molar-refractivity contribution in [1.29, 1.82) is 0 Å². The highest BCUT2D eigenvalue weighted by Crippen LogP contribution is 2.13. The molecular weight excluding hydrogens is 349 g/mol. The average molecular weight is 397 g/mol. The second-order valence-corrected chi connectivity index (χ2v) is 8.75. The van der Waals surface area contributed by atoms with Crippen molar-refractivity contribution in [3.63, 3.8) is 0 Å². The monoisotopic (exact) mass is 395 g/mol. The van der Waals surface area contributed by atoms with Gasteiger partial charge in [-0.2, -0.15) is 0 Å². The summed E-state index contributed by atoms with van der Waals surface area (Å²) in [6.45, 7) is 4.91. The number of quaternary nitrogens is 1. The zero-order chi connectivity index (χ0) is 17.9. The van der Waals surface area contributed by atoms with Crippen LogP contribution in [0.2, 0.25) is 0 Å². The molecule has 0 amide bonds. The summed E-state index contributed by atoms with van der Waals surface area (Å²) in [5.74, 6) is 0.818. The molecule has 0 rings (SSSR count). The zero-order valence-corrected chi connectivity index (χ0v) is 19.2. The highest BCUT2D eigenvalue weighted by atomic mass is 35.5. The van der Waals surface area contributed by atoms with E-state index in [1.165, 1.54) is 120 Å². The Bertz CT molecular complexity index is 244. The minimum atomic E-state index is 0. The van der Waals surface area contributed by atoms with E-state index in [0.29, 0.717) is 0 Å². The van der Waals surface area contributed by atoms with E-state index in [0.717, 1.165) is 5.88 Å². The second kappa shape index (κ2) is 20.8. The lowest BCUT2D eigenvalue weighted by Crippen LogP contribution is -3.00. The van der Waals surface area contributed by atoms with Gasteiger partial charge in [-0.05, 0) is 25.7 Å². The van der Waals surface area contributed by atoms with Gasteiger partial charge in [-0.3, -0.25) is 0 Å². The van der Waals surface area contributed by atoms with Gasteiger partial charge in [-0.1, -0.05) is 84.0 Å². The van der Waals surface area contributed by atoms with Crippen LogP contribution in [0.15, 0.2) is 0 Å². The number of alkyl halides is 1. The van der Waals surface area contributed by atoms with Crippen molar-refractivity contribution in [1.82, 2.24) is 0 Å². The molecule has 0 fully saturated rings.